The van der Waals surface area contributed by atoms with Crippen molar-refractivity contribution in [1.29, 1.82) is 0 Å². The molecule has 1 heterocycles. The first kappa shape index (κ1) is 18.5. The van der Waals surface area contributed by atoms with Crippen LogP contribution in [0, 0.1) is 0 Å². The highest BCUT2D eigenvalue weighted by Crippen LogP contribution is 2.28. The molecule has 2 aromatic carbocycles. The van der Waals surface area contributed by atoms with Crippen LogP contribution in [-0.4, -0.2) is 28.6 Å². The maximum absolute atomic E-state index is 13.5. The zero-order valence-corrected chi connectivity index (χ0v) is 14.6. The van der Waals surface area contributed by atoms with Crippen LogP contribution in [0.15, 0.2) is 48.5 Å². The molecule has 0 fully saturated rings. The number of para-hydroxylation sites is 2. The number of imidazole rings is 1. The summed E-state index contributed by atoms with van der Waals surface area (Å²) in [5, 5.41) is 0. The number of hydrogen-bond donors (Lipinski definition) is 0. The van der Waals surface area contributed by atoms with Crippen LogP contribution in [0.4, 0.5) is 8.78 Å². The molecule has 0 amide bonds. The molecule has 0 radical (unpaired) electrons. The summed E-state index contributed by atoms with van der Waals surface area (Å²) in [5.74, 6) is -1.30. The van der Waals surface area contributed by atoms with Gasteiger partial charge in [0, 0.05) is 0 Å². The fraction of sp³-hybridized carbons (Fsp3) is 0.211. The van der Waals surface area contributed by atoms with Crippen molar-refractivity contribution in [2.24, 2.45) is 0 Å². The van der Waals surface area contributed by atoms with Gasteiger partial charge >= 0.3 is 18.5 Å². The number of rotatable bonds is 5. The Morgan fingerprint density at radius 1 is 1.00 bits per heavy atom. The summed E-state index contributed by atoms with van der Waals surface area (Å²) in [7, 11) is 1.25. The Morgan fingerprint density at radius 3 is 2.19 bits per heavy atom. The van der Waals surface area contributed by atoms with Gasteiger partial charge in [0.05, 0.1) is 29.3 Å². The molecule has 3 aromatic rings. The smallest absolute Gasteiger partial charge is 0.338 e. The lowest BCUT2D eigenvalue weighted by atomic mass is 10.1. The summed E-state index contributed by atoms with van der Waals surface area (Å²) < 4.78 is 37.6. The molecule has 0 aliphatic rings. The molecule has 0 aliphatic heterocycles. The molecule has 140 valence electrons. The van der Waals surface area contributed by atoms with Crippen molar-refractivity contribution in [3.63, 3.8) is 0 Å². The first-order valence-corrected chi connectivity index (χ1v) is 8.06. The number of ether oxygens (including phenoxy) is 2. The summed E-state index contributed by atoms with van der Waals surface area (Å²) in [6.07, 6.45) is -1.00. The number of aromatic nitrogens is 2. The molecule has 0 saturated heterocycles. The molecule has 0 saturated carbocycles. The maximum Gasteiger partial charge on any atom is 0.338 e. The van der Waals surface area contributed by atoms with E-state index in [-0.39, 0.29) is 22.5 Å². The lowest BCUT2D eigenvalue weighted by molar-refractivity contribution is 0.0233. The third-order valence-corrected chi connectivity index (χ3v) is 4.01. The van der Waals surface area contributed by atoms with Crippen LogP contribution < -0.4 is 0 Å². The van der Waals surface area contributed by atoms with Crippen LogP contribution in [0.2, 0.25) is 0 Å². The molecule has 6 nitrogen and oxygen atoms in total. The fourth-order valence-corrected chi connectivity index (χ4v) is 2.70. The van der Waals surface area contributed by atoms with Gasteiger partial charge in [-0.25, -0.2) is 14.6 Å². The minimum absolute atomic E-state index is 0.0502. The van der Waals surface area contributed by atoms with E-state index in [0.29, 0.717) is 5.52 Å². The lowest BCUT2D eigenvalue weighted by Crippen LogP contribution is -2.15. The number of halogens is 2. The molecule has 0 unspecified atom stereocenters. The second-order valence-corrected chi connectivity index (χ2v) is 5.72. The molecule has 0 aliphatic carbocycles. The van der Waals surface area contributed by atoms with Crippen molar-refractivity contribution in [3.05, 3.63) is 65.5 Å². The first-order chi connectivity index (χ1) is 12.9. The Labute approximate surface area is 153 Å². The highest BCUT2D eigenvalue weighted by Gasteiger charge is 2.24. The van der Waals surface area contributed by atoms with Crippen LogP contribution in [0.25, 0.3) is 11.0 Å². The van der Waals surface area contributed by atoms with E-state index in [1.54, 1.807) is 18.2 Å². The van der Waals surface area contributed by atoms with E-state index in [2.05, 4.69) is 9.72 Å². The van der Waals surface area contributed by atoms with Gasteiger partial charge < -0.3 is 9.47 Å². The van der Waals surface area contributed by atoms with Gasteiger partial charge in [0.25, 0.3) is 0 Å². The molecule has 8 heteroatoms. The molecular weight excluding hydrogens is 358 g/mol. The number of carbonyl (C=O) groups is 2. The number of hydrogen-bond acceptors (Lipinski definition) is 5. The minimum Gasteiger partial charge on any atom is -0.465 e. The van der Waals surface area contributed by atoms with E-state index < -0.39 is 24.6 Å². The van der Waals surface area contributed by atoms with Crippen LogP contribution >= 0.6 is 0 Å². The molecule has 27 heavy (non-hydrogen) atoms. The van der Waals surface area contributed by atoms with E-state index in [1.807, 2.05) is 0 Å². The number of methoxy groups -OCH3 is 1. The second kappa shape index (κ2) is 7.53. The Bertz CT molecular complexity index is 983. The normalized spacial score (nSPS) is 12.2. The van der Waals surface area contributed by atoms with Crippen LogP contribution in [-0.2, 0) is 9.47 Å². The highest BCUT2D eigenvalue weighted by molar-refractivity contribution is 5.93. The monoisotopic (exact) mass is 374 g/mol. The molecular formula is C19H16F2N2O4. The van der Waals surface area contributed by atoms with Crippen molar-refractivity contribution >= 4 is 23.0 Å². The molecule has 0 bridgehead atoms. The summed E-state index contributed by atoms with van der Waals surface area (Å²) in [6, 6.07) is 12.1. The van der Waals surface area contributed by atoms with E-state index >= 15 is 0 Å². The van der Waals surface area contributed by atoms with Crippen LogP contribution in [0.5, 0.6) is 0 Å². The number of benzene rings is 2. The SMILES string of the molecule is COC(=O)c1ccc(C(=O)O[C@H](C)c2nc3ccccc3n2C(F)F)cc1. The number of nitrogens with zero attached hydrogens (tertiary/aromatic N) is 2. The quantitative estimate of drug-likeness (QED) is 0.628. The average Bonchev–Trinajstić information content (AvgIpc) is 3.07. The number of esters is 2. The highest BCUT2D eigenvalue weighted by atomic mass is 19.3. The van der Waals surface area contributed by atoms with E-state index in [1.165, 1.54) is 44.4 Å². The summed E-state index contributed by atoms with van der Waals surface area (Å²) in [6.45, 7) is -1.35. The largest absolute Gasteiger partial charge is 0.465 e. The van der Waals surface area contributed by atoms with Crippen molar-refractivity contribution < 1.29 is 27.8 Å². The molecule has 0 spiro atoms. The molecule has 1 atom stereocenters. The Hall–Kier alpha value is -3.29. The van der Waals surface area contributed by atoms with Gasteiger partial charge in [0.1, 0.15) is 0 Å². The van der Waals surface area contributed by atoms with Gasteiger partial charge in [-0.1, -0.05) is 12.1 Å². The molecule has 3 rings (SSSR count). The van der Waals surface area contributed by atoms with Crippen molar-refractivity contribution in [2.45, 2.75) is 19.6 Å². The minimum atomic E-state index is -2.83. The Morgan fingerprint density at radius 2 is 1.59 bits per heavy atom. The summed E-state index contributed by atoms with van der Waals surface area (Å²) >= 11 is 0. The fourth-order valence-electron chi connectivity index (χ4n) is 2.70. The summed E-state index contributed by atoms with van der Waals surface area (Å²) in [5.41, 5.74) is 1.10. The predicted octanol–water partition coefficient (Wildman–Crippen LogP) is 4.14. The third-order valence-electron chi connectivity index (χ3n) is 4.01. The van der Waals surface area contributed by atoms with Crippen molar-refractivity contribution in [1.82, 2.24) is 9.55 Å². The lowest BCUT2D eigenvalue weighted by Gasteiger charge is -2.15. The molecule has 1 aromatic heterocycles. The van der Waals surface area contributed by atoms with Crippen molar-refractivity contribution in [3.8, 4) is 0 Å². The van der Waals surface area contributed by atoms with Gasteiger partial charge in [-0.2, -0.15) is 8.78 Å². The number of alkyl halides is 2. The van der Waals surface area contributed by atoms with E-state index in [4.69, 9.17) is 4.74 Å². The Kier molecular flexibility index (Phi) is 5.16. The standard InChI is InChI=1S/C19H16F2N2O4/c1-11(16-22-14-5-3-4-6-15(14)23(16)19(20)21)27-18(25)13-9-7-12(8-10-13)17(24)26-2/h3-11,19H,1-2H3/t11-/m1/s1. The van der Waals surface area contributed by atoms with Crippen LogP contribution in [0.1, 0.15) is 46.1 Å². The zero-order chi connectivity index (χ0) is 19.6. The van der Waals surface area contributed by atoms with Crippen LogP contribution in [0.3, 0.4) is 0 Å². The third kappa shape index (κ3) is 3.64. The van der Waals surface area contributed by atoms with Gasteiger partial charge in [0.15, 0.2) is 11.9 Å². The van der Waals surface area contributed by atoms with E-state index in [9.17, 15) is 18.4 Å². The predicted molar refractivity (Wildman–Crippen MR) is 92.6 cm³/mol. The van der Waals surface area contributed by atoms with Gasteiger partial charge in [-0.05, 0) is 43.3 Å². The van der Waals surface area contributed by atoms with Gasteiger partial charge in [0.2, 0.25) is 0 Å². The Balaban J connectivity index is 1.84. The number of carbonyl (C=O) groups excluding carboxylic acids is 2. The van der Waals surface area contributed by atoms with Gasteiger partial charge in [-0.15, -0.1) is 0 Å². The van der Waals surface area contributed by atoms with E-state index in [0.717, 1.165) is 4.57 Å². The topological polar surface area (TPSA) is 70.4 Å². The number of fused-ring (bicyclic) bond motifs is 1. The first-order valence-electron chi connectivity index (χ1n) is 8.06. The molecule has 0 N–H and O–H groups in total. The maximum atomic E-state index is 13.5. The summed E-state index contributed by atoms with van der Waals surface area (Å²) in [4.78, 5) is 27.9. The van der Waals surface area contributed by atoms with Crippen molar-refractivity contribution in [2.75, 3.05) is 7.11 Å². The second-order valence-electron chi connectivity index (χ2n) is 5.72. The van der Waals surface area contributed by atoms with Gasteiger partial charge in [-0.3, -0.25) is 4.57 Å². The average molecular weight is 374 g/mol. The zero-order valence-electron chi connectivity index (χ0n) is 14.6.